The molecule has 0 atom stereocenters. The van der Waals surface area contributed by atoms with Crippen molar-refractivity contribution < 1.29 is 14.7 Å². The second kappa shape index (κ2) is 5.67. The van der Waals surface area contributed by atoms with Gasteiger partial charge >= 0.3 is 5.97 Å². The van der Waals surface area contributed by atoms with Crippen LogP contribution in [0.3, 0.4) is 0 Å². The highest BCUT2D eigenvalue weighted by molar-refractivity contribution is 6.01. The quantitative estimate of drug-likeness (QED) is 0.827. The van der Waals surface area contributed by atoms with Crippen molar-refractivity contribution in [3.63, 3.8) is 0 Å². The van der Waals surface area contributed by atoms with Gasteiger partial charge in [-0.15, -0.1) is 0 Å². The molecule has 96 valence electrons. The SMILES string of the molecule is O=C(O)c1nccnc1C(=O)NCc1ccncc1. The number of aromatic nitrogens is 3. The average Bonchev–Trinajstić information content (AvgIpc) is 2.46. The van der Waals surface area contributed by atoms with Gasteiger partial charge in [0.1, 0.15) is 0 Å². The predicted molar refractivity (Wildman–Crippen MR) is 64.4 cm³/mol. The van der Waals surface area contributed by atoms with Crippen molar-refractivity contribution in [3.8, 4) is 0 Å². The molecule has 2 N–H and O–H groups in total. The third-order valence-corrected chi connectivity index (χ3v) is 2.32. The zero-order valence-corrected chi connectivity index (χ0v) is 9.78. The molecule has 1 amide bonds. The van der Waals surface area contributed by atoms with Gasteiger partial charge in [-0.1, -0.05) is 0 Å². The highest BCUT2D eigenvalue weighted by Crippen LogP contribution is 2.02. The summed E-state index contributed by atoms with van der Waals surface area (Å²) in [5, 5.41) is 11.5. The Morgan fingerprint density at radius 1 is 1.05 bits per heavy atom. The van der Waals surface area contributed by atoms with Crippen LogP contribution in [0.5, 0.6) is 0 Å². The van der Waals surface area contributed by atoms with Crippen LogP contribution in [-0.2, 0) is 6.54 Å². The molecule has 0 saturated heterocycles. The van der Waals surface area contributed by atoms with Crippen LogP contribution in [0.1, 0.15) is 26.5 Å². The van der Waals surface area contributed by atoms with Gasteiger partial charge in [-0.25, -0.2) is 14.8 Å². The maximum absolute atomic E-state index is 11.9. The van der Waals surface area contributed by atoms with Crippen molar-refractivity contribution in [1.29, 1.82) is 0 Å². The number of amides is 1. The van der Waals surface area contributed by atoms with E-state index in [9.17, 15) is 9.59 Å². The zero-order valence-electron chi connectivity index (χ0n) is 9.78. The number of rotatable bonds is 4. The third kappa shape index (κ3) is 3.09. The Kier molecular flexibility index (Phi) is 3.77. The lowest BCUT2D eigenvalue weighted by atomic mass is 10.2. The summed E-state index contributed by atoms with van der Waals surface area (Å²) in [4.78, 5) is 34.0. The molecule has 0 saturated carbocycles. The van der Waals surface area contributed by atoms with Crippen LogP contribution in [-0.4, -0.2) is 31.9 Å². The lowest BCUT2D eigenvalue weighted by Gasteiger charge is -2.05. The van der Waals surface area contributed by atoms with E-state index in [4.69, 9.17) is 5.11 Å². The van der Waals surface area contributed by atoms with Gasteiger partial charge in [0.15, 0.2) is 11.4 Å². The Balaban J connectivity index is 2.10. The van der Waals surface area contributed by atoms with Gasteiger partial charge in [-0.3, -0.25) is 9.78 Å². The second-order valence-corrected chi connectivity index (χ2v) is 3.60. The molecule has 0 unspecified atom stereocenters. The fourth-order valence-corrected chi connectivity index (χ4v) is 1.43. The van der Waals surface area contributed by atoms with Crippen LogP contribution < -0.4 is 5.32 Å². The van der Waals surface area contributed by atoms with Gasteiger partial charge in [0.25, 0.3) is 5.91 Å². The van der Waals surface area contributed by atoms with Gasteiger partial charge in [-0.2, -0.15) is 0 Å². The summed E-state index contributed by atoms with van der Waals surface area (Å²) in [6, 6.07) is 3.49. The van der Waals surface area contributed by atoms with Crippen molar-refractivity contribution in [3.05, 3.63) is 53.9 Å². The maximum atomic E-state index is 11.9. The topological polar surface area (TPSA) is 105 Å². The monoisotopic (exact) mass is 258 g/mol. The van der Waals surface area contributed by atoms with E-state index in [1.165, 1.54) is 12.4 Å². The second-order valence-electron chi connectivity index (χ2n) is 3.60. The first-order chi connectivity index (χ1) is 9.18. The molecule has 0 radical (unpaired) electrons. The van der Waals surface area contributed by atoms with Crippen molar-refractivity contribution in [2.45, 2.75) is 6.54 Å². The van der Waals surface area contributed by atoms with Crippen molar-refractivity contribution >= 4 is 11.9 Å². The molecule has 2 heterocycles. The fraction of sp³-hybridized carbons (Fsp3) is 0.0833. The number of pyridine rings is 1. The molecule has 0 aliphatic heterocycles. The Morgan fingerprint density at radius 3 is 2.32 bits per heavy atom. The third-order valence-electron chi connectivity index (χ3n) is 2.32. The van der Waals surface area contributed by atoms with Crippen LogP contribution in [0, 0.1) is 0 Å². The average molecular weight is 258 g/mol. The highest BCUT2D eigenvalue weighted by Gasteiger charge is 2.18. The Bertz CT molecular complexity index is 601. The number of nitrogens with one attached hydrogen (secondary N) is 1. The van der Waals surface area contributed by atoms with Crippen molar-refractivity contribution in [2.24, 2.45) is 0 Å². The largest absolute Gasteiger partial charge is 0.476 e. The van der Waals surface area contributed by atoms with E-state index in [0.717, 1.165) is 5.56 Å². The molecular weight excluding hydrogens is 248 g/mol. The molecule has 0 fully saturated rings. The number of carbonyl (C=O) groups is 2. The number of carbonyl (C=O) groups excluding carboxylic acids is 1. The van der Waals surface area contributed by atoms with Gasteiger partial charge in [-0.05, 0) is 17.7 Å². The minimum atomic E-state index is -1.29. The first-order valence-electron chi connectivity index (χ1n) is 5.40. The minimum Gasteiger partial charge on any atom is -0.476 e. The van der Waals surface area contributed by atoms with E-state index in [1.807, 2.05) is 0 Å². The highest BCUT2D eigenvalue weighted by atomic mass is 16.4. The van der Waals surface area contributed by atoms with Gasteiger partial charge in [0.2, 0.25) is 0 Å². The van der Waals surface area contributed by atoms with E-state index in [1.54, 1.807) is 24.5 Å². The van der Waals surface area contributed by atoms with Crippen molar-refractivity contribution in [2.75, 3.05) is 0 Å². The first-order valence-corrected chi connectivity index (χ1v) is 5.40. The number of aromatic carboxylic acids is 1. The number of hydrogen-bond donors (Lipinski definition) is 2. The van der Waals surface area contributed by atoms with E-state index in [2.05, 4.69) is 20.3 Å². The number of hydrogen-bond acceptors (Lipinski definition) is 5. The molecule has 2 aromatic rings. The molecule has 0 aliphatic rings. The predicted octanol–water partition coefficient (Wildman–Crippen LogP) is 0.500. The minimum absolute atomic E-state index is 0.205. The molecule has 19 heavy (non-hydrogen) atoms. The molecular formula is C12H10N4O3. The molecule has 0 aliphatic carbocycles. The van der Waals surface area contributed by atoms with E-state index in [0.29, 0.717) is 0 Å². The van der Waals surface area contributed by atoms with E-state index < -0.39 is 11.9 Å². The van der Waals surface area contributed by atoms with Gasteiger partial charge < -0.3 is 10.4 Å². The smallest absolute Gasteiger partial charge is 0.356 e. The summed E-state index contributed by atoms with van der Waals surface area (Å²) < 4.78 is 0. The Morgan fingerprint density at radius 2 is 1.68 bits per heavy atom. The summed E-state index contributed by atoms with van der Waals surface area (Å²) in [6.07, 6.45) is 5.70. The van der Waals surface area contributed by atoms with Gasteiger partial charge in [0, 0.05) is 31.3 Å². The first kappa shape index (κ1) is 12.6. The zero-order chi connectivity index (χ0) is 13.7. The molecule has 2 rings (SSSR count). The summed E-state index contributed by atoms with van der Waals surface area (Å²) in [7, 11) is 0. The number of nitrogens with zero attached hydrogens (tertiary/aromatic N) is 3. The lowest BCUT2D eigenvalue weighted by Crippen LogP contribution is -2.26. The van der Waals surface area contributed by atoms with Crippen molar-refractivity contribution in [1.82, 2.24) is 20.3 Å². The summed E-state index contributed by atoms with van der Waals surface area (Å²) in [6.45, 7) is 0.261. The van der Waals surface area contributed by atoms with Crippen LogP contribution in [0.2, 0.25) is 0 Å². The number of carboxylic acid groups (broad SMARTS) is 1. The molecule has 0 aromatic carbocycles. The van der Waals surface area contributed by atoms with Crippen LogP contribution in [0.25, 0.3) is 0 Å². The number of carboxylic acids is 1. The summed E-state index contributed by atoms with van der Waals surface area (Å²) in [5.74, 6) is -1.87. The van der Waals surface area contributed by atoms with E-state index >= 15 is 0 Å². The lowest BCUT2D eigenvalue weighted by molar-refractivity contribution is 0.0683. The van der Waals surface area contributed by atoms with Crippen LogP contribution in [0.15, 0.2) is 36.9 Å². The Labute approximate surface area is 108 Å². The summed E-state index contributed by atoms with van der Waals surface area (Å²) >= 11 is 0. The molecule has 2 aromatic heterocycles. The van der Waals surface area contributed by atoms with E-state index in [-0.39, 0.29) is 17.9 Å². The van der Waals surface area contributed by atoms with Crippen LogP contribution >= 0.6 is 0 Å². The van der Waals surface area contributed by atoms with Crippen LogP contribution in [0.4, 0.5) is 0 Å². The molecule has 7 heteroatoms. The normalized spacial score (nSPS) is 9.89. The Hall–Kier alpha value is -2.83. The molecule has 0 bridgehead atoms. The fourth-order valence-electron chi connectivity index (χ4n) is 1.43. The summed E-state index contributed by atoms with van der Waals surface area (Å²) in [5.41, 5.74) is 0.280. The standard InChI is InChI=1S/C12H10N4O3/c17-11(16-7-8-1-3-13-4-2-8)9-10(12(18)19)15-6-5-14-9/h1-6H,7H2,(H,16,17)(H,18,19). The van der Waals surface area contributed by atoms with Gasteiger partial charge in [0.05, 0.1) is 0 Å². The molecule has 7 nitrogen and oxygen atoms in total. The molecule has 0 spiro atoms. The maximum Gasteiger partial charge on any atom is 0.356 e.